The SMILES string of the molecule is C/C(N)=C(\CO)N(N)CC(O)COc1ccc(C(C)(C)c2ccc(OC[C@@H](O)CCl)c(C)c2)cc1. The molecule has 2 aromatic carbocycles. The molecule has 7 N–H and O–H groups in total. The zero-order valence-electron chi connectivity index (χ0n) is 20.9. The maximum absolute atomic E-state index is 10.2. The first-order valence-electron chi connectivity index (χ1n) is 11.5. The maximum atomic E-state index is 10.2. The maximum Gasteiger partial charge on any atom is 0.122 e. The van der Waals surface area contributed by atoms with Gasteiger partial charge in [-0.2, -0.15) is 0 Å². The van der Waals surface area contributed by atoms with Gasteiger partial charge in [0.15, 0.2) is 0 Å². The van der Waals surface area contributed by atoms with Crippen molar-refractivity contribution in [1.29, 1.82) is 0 Å². The molecule has 0 aliphatic rings. The van der Waals surface area contributed by atoms with Gasteiger partial charge < -0.3 is 35.5 Å². The molecular formula is C26H38ClN3O5. The third-order valence-electron chi connectivity index (χ3n) is 5.88. The number of hydrazine groups is 1. The van der Waals surface area contributed by atoms with E-state index in [9.17, 15) is 15.3 Å². The van der Waals surface area contributed by atoms with Crippen LogP contribution in [-0.2, 0) is 5.41 Å². The van der Waals surface area contributed by atoms with E-state index in [1.54, 1.807) is 6.92 Å². The molecule has 8 nitrogen and oxygen atoms in total. The summed E-state index contributed by atoms with van der Waals surface area (Å²) in [4.78, 5) is 0. The summed E-state index contributed by atoms with van der Waals surface area (Å²) in [5.41, 5.74) is 9.36. The van der Waals surface area contributed by atoms with Crippen molar-refractivity contribution in [2.45, 2.75) is 45.3 Å². The molecule has 2 rings (SSSR count). The van der Waals surface area contributed by atoms with Gasteiger partial charge in [-0.15, -0.1) is 11.6 Å². The van der Waals surface area contributed by atoms with E-state index >= 15 is 0 Å². The highest BCUT2D eigenvalue weighted by Crippen LogP contribution is 2.34. The summed E-state index contributed by atoms with van der Waals surface area (Å²) in [6, 6.07) is 13.7. The minimum absolute atomic E-state index is 0.0395. The molecule has 0 bridgehead atoms. The van der Waals surface area contributed by atoms with Gasteiger partial charge in [0.2, 0.25) is 0 Å². The largest absolute Gasteiger partial charge is 0.491 e. The van der Waals surface area contributed by atoms with Crippen molar-refractivity contribution in [3.8, 4) is 11.5 Å². The first kappa shape index (κ1) is 28.7. The van der Waals surface area contributed by atoms with Crippen LogP contribution in [0.1, 0.15) is 37.5 Å². The van der Waals surface area contributed by atoms with E-state index < -0.39 is 12.2 Å². The van der Waals surface area contributed by atoms with E-state index in [0.29, 0.717) is 17.1 Å². The second-order valence-electron chi connectivity index (χ2n) is 9.15. The van der Waals surface area contributed by atoms with Gasteiger partial charge >= 0.3 is 0 Å². The van der Waals surface area contributed by atoms with Crippen LogP contribution in [0, 0.1) is 6.92 Å². The second kappa shape index (κ2) is 13.0. The predicted octanol–water partition coefficient (Wildman–Crippen LogP) is 2.40. The Morgan fingerprint density at radius 2 is 1.63 bits per heavy atom. The molecule has 2 atom stereocenters. The number of hydrogen-bond acceptors (Lipinski definition) is 8. The lowest BCUT2D eigenvalue weighted by molar-refractivity contribution is 0.0741. The summed E-state index contributed by atoms with van der Waals surface area (Å²) in [5, 5.41) is 30.4. The Hall–Kier alpha value is -2.49. The Balaban J connectivity index is 2.01. The molecule has 0 heterocycles. The van der Waals surface area contributed by atoms with Crippen LogP contribution >= 0.6 is 11.6 Å². The highest BCUT2D eigenvalue weighted by molar-refractivity contribution is 6.18. The molecule has 194 valence electrons. The molecule has 0 amide bonds. The monoisotopic (exact) mass is 507 g/mol. The van der Waals surface area contributed by atoms with Crippen molar-refractivity contribution < 1.29 is 24.8 Å². The average molecular weight is 508 g/mol. The van der Waals surface area contributed by atoms with Gasteiger partial charge in [-0.05, 0) is 48.7 Å². The molecule has 9 heteroatoms. The van der Waals surface area contributed by atoms with Crippen LogP contribution in [0.4, 0.5) is 0 Å². The molecule has 35 heavy (non-hydrogen) atoms. The minimum atomic E-state index is -0.869. The number of nitrogens with zero attached hydrogens (tertiary/aromatic N) is 1. The van der Waals surface area contributed by atoms with Crippen LogP contribution in [0.3, 0.4) is 0 Å². The summed E-state index contributed by atoms with van der Waals surface area (Å²) in [6.07, 6.45) is -1.57. The summed E-state index contributed by atoms with van der Waals surface area (Å²) in [5.74, 6) is 7.34. The Kier molecular flexibility index (Phi) is 10.7. The number of benzene rings is 2. The average Bonchev–Trinajstić information content (AvgIpc) is 2.82. The Bertz CT molecular complexity index is 977. The van der Waals surface area contributed by atoms with Crippen molar-refractivity contribution >= 4 is 11.6 Å². The second-order valence-corrected chi connectivity index (χ2v) is 9.46. The zero-order valence-corrected chi connectivity index (χ0v) is 21.6. The number of halogens is 1. The van der Waals surface area contributed by atoms with Gasteiger partial charge in [-0.25, -0.2) is 5.84 Å². The van der Waals surface area contributed by atoms with E-state index in [2.05, 4.69) is 19.9 Å². The van der Waals surface area contributed by atoms with Crippen molar-refractivity contribution in [2.75, 3.05) is 32.2 Å². The number of aliphatic hydroxyl groups excluding tert-OH is 3. The topological polar surface area (TPSA) is 134 Å². The third kappa shape index (κ3) is 8.02. The summed E-state index contributed by atoms with van der Waals surface area (Å²) < 4.78 is 11.4. The number of allylic oxidation sites excluding steroid dienone is 1. The third-order valence-corrected chi connectivity index (χ3v) is 6.24. The first-order valence-corrected chi connectivity index (χ1v) is 12.0. The smallest absolute Gasteiger partial charge is 0.122 e. The fraction of sp³-hybridized carbons (Fsp3) is 0.462. The lowest BCUT2D eigenvalue weighted by Crippen LogP contribution is -2.41. The lowest BCUT2D eigenvalue weighted by Gasteiger charge is -2.27. The van der Waals surface area contributed by atoms with Gasteiger partial charge in [-0.3, -0.25) is 0 Å². The van der Waals surface area contributed by atoms with E-state index in [0.717, 1.165) is 22.4 Å². The Labute approximate surface area is 212 Å². The number of rotatable bonds is 13. The number of alkyl halides is 1. The van der Waals surface area contributed by atoms with E-state index in [1.807, 2.05) is 43.3 Å². The molecule has 0 saturated carbocycles. The molecule has 1 unspecified atom stereocenters. The molecule has 0 aliphatic carbocycles. The standard InChI is InChI=1S/C26H38ClN3O5/c1-17-11-20(7-10-25(17)35-15-21(32)12-27)26(3,4)19-5-8-23(9-6-19)34-16-22(33)13-30(29)24(14-31)18(2)28/h5-11,21-22,31-33H,12-16,28-29H2,1-4H3/b24-18-/t21-,22?/m0/s1. The zero-order chi connectivity index (χ0) is 26.2. The predicted molar refractivity (Wildman–Crippen MR) is 138 cm³/mol. The number of aliphatic hydroxyl groups is 3. The van der Waals surface area contributed by atoms with Crippen molar-refractivity contribution in [1.82, 2.24) is 5.01 Å². The summed E-state index contributed by atoms with van der Waals surface area (Å²) in [6.45, 7) is 7.84. The molecule has 0 aliphatic heterocycles. The van der Waals surface area contributed by atoms with Gasteiger partial charge in [0, 0.05) is 11.1 Å². The molecule has 2 aromatic rings. The summed E-state index contributed by atoms with van der Waals surface area (Å²) in [7, 11) is 0. The van der Waals surface area contributed by atoms with Crippen LogP contribution in [-0.4, -0.2) is 64.8 Å². The van der Waals surface area contributed by atoms with Gasteiger partial charge in [0.05, 0.1) is 24.7 Å². The fourth-order valence-corrected chi connectivity index (χ4v) is 3.68. The molecule has 0 radical (unpaired) electrons. The van der Waals surface area contributed by atoms with Crippen LogP contribution in [0.5, 0.6) is 11.5 Å². The molecule has 0 aromatic heterocycles. The number of aryl methyl sites for hydroxylation is 1. The highest BCUT2D eigenvalue weighted by Gasteiger charge is 2.24. The van der Waals surface area contributed by atoms with E-state index in [4.69, 9.17) is 32.7 Å². The summed E-state index contributed by atoms with van der Waals surface area (Å²) >= 11 is 5.63. The quantitative estimate of drug-likeness (QED) is 0.158. The van der Waals surface area contributed by atoms with Crippen LogP contribution in [0.2, 0.25) is 0 Å². The van der Waals surface area contributed by atoms with Gasteiger partial charge in [0.1, 0.15) is 36.9 Å². The van der Waals surface area contributed by atoms with Crippen LogP contribution in [0.25, 0.3) is 0 Å². The fourth-order valence-electron chi connectivity index (χ4n) is 3.59. The number of hydrogen-bond donors (Lipinski definition) is 5. The number of nitrogens with two attached hydrogens (primary N) is 2. The van der Waals surface area contributed by atoms with Crippen molar-refractivity contribution in [2.24, 2.45) is 11.6 Å². The van der Waals surface area contributed by atoms with Crippen molar-refractivity contribution in [3.63, 3.8) is 0 Å². The first-order chi connectivity index (χ1) is 16.5. The Morgan fingerprint density at radius 3 is 2.17 bits per heavy atom. The van der Waals surface area contributed by atoms with E-state index in [-0.39, 0.29) is 37.7 Å². The van der Waals surface area contributed by atoms with Gasteiger partial charge in [-0.1, -0.05) is 38.1 Å². The number of ether oxygens (including phenoxy) is 2. The Morgan fingerprint density at radius 1 is 1.03 bits per heavy atom. The van der Waals surface area contributed by atoms with E-state index in [1.165, 1.54) is 5.01 Å². The van der Waals surface area contributed by atoms with Crippen molar-refractivity contribution in [3.05, 3.63) is 70.5 Å². The lowest BCUT2D eigenvalue weighted by atomic mass is 9.77. The molecule has 0 saturated heterocycles. The normalized spacial score (nSPS) is 14.2. The van der Waals surface area contributed by atoms with Crippen LogP contribution in [0.15, 0.2) is 53.9 Å². The highest BCUT2D eigenvalue weighted by atomic mass is 35.5. The van der Waals surface area contributed by atoms with Gasteiger partial charge in [0.25, 0.3) is 0 Å². The minimum Gasteiger partial charge on any atom is -0.491 e. The van der Waals surface area contributed by atoms with Crippen LogP contribution < -0.4 is 21.1 Å². The molecule has 0 fully saturated rings. The molecular weight excluding hydrogens is 470 g/mol. The molecule has 0 spiro atoms.